The van der Waals surface area contributed by atoms with Crippen LogP contribution in [0.4, 0.5) is 0 Å². The second-order valence-corrected chi connectivity index (χ2v) is 6.40. The largest absolute Gasteiger partial charge is 0.481 e. The summed E-state index contributed by atoms with van der Waals surface area (Å²) in [6, 6.07) is 0.00428. The number of nitrogens with two attached hydrogens (primary N) is 1. The van der Waals surface area contributed by atoms with Gasteiger partial charge in [0, 0.05) is 19.1 Å². The average molecular weight is 284 g/mol. The van der Waals surface area contributed by atoms with Crippen LogP contribution in [0.2, 0.25) is 0 Å². The van der Waals surface area contributed by atoms with Gasteiger partial charge in [-0.15, -0.1) is 0 Å². The summed E-state index contributed by atoms with van der Waals surface area (Å²) in [6.07, 6.45) is 3.67. The smallest absolute Gasteiger partial charge is 0.305 e. The van der Waals surface area contributed by atoms with Gasteiger partial charge >= 0.3 is 5.97 Å². The molecule has 20 heavy (non-hydrogen) atoms. The van der Waals surface area contributed by atoms with Crippen LogP contribution in [-0.2, 0) is 9.59 Å². The zero-order valence-electron chi connectivity index (χ0n) is 12.9. The molecule has 0 saturated heterocycles. The number of hydrogen-bond donors (Lipinski definition) is 2. The fourth-order valence-electron chi connectivity index (χ4n) is 2.94. The van der Waals surface area contributed by atoms with Crippen molar-refractivity contribution in [1.29, 1.82) is 0 Å². The second kappa shape index (κ2) is 7.07. The number of carboxylic acids is 1. The minimum atomic E-state index is -0.873. The molecule has 5 heteroatoms. The standard InChI is InChI=1S/C15H28N2O3/c1-11(2)17(9-6-13(18)19)14(20)15(10-16)7-4-12(3)5-8-15/h11-12H,4-10,16H2,1-3H3,(H,18,19). The van der Waals surface area contributed by atoms with Crippen LogP contribution in [0, 0.1) is 11.3 Å². The Kier molecular flexibility index (Phi) is 5.99. The zero-order chi connectivity index (χ0) is 15.3. The van der Waals surface area contributed by atoms with Gasteiger partial charge in [0.2, 0.25) is 5.91 Å². The van der Waals surface area contributed by atoms with Gasteiger partial charge < -0.3 is 15.7 Å². The van der Waals surface area contributed by atoms with E-state index in [0.717, 1.165) is 25.7 Å². The highest BCUT2D eigenvalue weighted by Gasteiger charge is 2.42. The van der Waals surface area contributed by atoms with Crippen molar-refractivity contribution in [2.24, 2.45) is 17.1 Å². The highest BCUT2D eigenvalue weighted by molar-refractivity contribution is 5.84. The summed E-state index contributed by atoms with van der Waals surface area (Å²) in [6.45, 7) is 6.68. The molecule has 0 aromatic carbocycles. The molecule has 1 aliphatic carbocycles. The molecule has 116 valence electrons. The molecule has 0 radical (unpaired) electrons. The van der Waals surface area contributed by atoms with Crippen LogP contribution in [0.5, 0.6) is 0 Å². The van der Waals surface area contributed by atoms with Gasteiger partial charge in [-0.3, -0.25) is 9.59 Å². The van der Waals surface area contributed by atoms with E-state index in [1.807, 2.05) is 13.8 Å². The summed E-state index contributed by atoms with van der Waals surface area (Å²) in [5.74, 6) is -0.181. The van der Waals surface area contributed by atoms with E-state index >= 15 is 0 Å². The lowest BCUT2D eigenvalue weighted by Gasteiger charge is -2.42. The SMILES string of the molecule is CC1CCC(CN)(C(=O)N(CCC(=O)O)C(C)C)CC1. The molecule has 0 bridgehead atoms. The van der Waals surface area contributed by atoms with Crippen molar-refractivity contribution in [1.82, 2.24) is 4.90 Å². The van der Waals surface area contributed by atoms with Gasteiger partial charge in [-0.05, 0) is 45.4 Å². The van der Waals surface area contributed by atoms with Gasteiger partial charge in [-0.25, -0.2) is 0 Å². The van der Waals surface area contributed by atoms with Crippen LogP contribution in [0.3, 0.4) is 0 Å². The minimum Gasteiger partial charge on any atom is -0.481 e. The van der Waals surface area contributed by atoms with Crippen LogP contribution >= 0.6 is 0 Å². The Morgan fingerprint density at radius 1 is 1.35 bits per heavy atom. The number of carbonyl (C=O) groups excluding carboxylic acids is 1. The minimum absolute atomic E-state index is 0.00428. The van der Waals surface area contributed by atoms with E-state index in [2.05, 4.69) is 6.92 Å². The molecule has 1 fully saturated rings. The number of amides is 1. The lowest BCUT2D eigenvalue weighted by atomic mass is 9.70. The quantitative estimate of drug-likeness (QED) is 0.779. The Morgan fingerprint density at radius 3 is 2.30 bits per heavy atom. The molecule has 0 heterocycles. The Hall–Kier alpha value is -1.10. The zero-order valence-corrected chi connectivity index (χ0v) is 12.9. The predicted molar refractivity (Wildman–Crippen MR) is 78.2 cm³/mol. The second-order valence-electron chi connectivity index (χ2n) is 6.40. The monoisotopic (exact) mass is 284 g/mol. The van der Waals surface area contributed by atoms with Gasteiger partial charge in [0.05, 0.1) is 11.8 Å². The number of nitrogens with zero attached hydrogens (tertiary/aromatic N) is 1. The molecule has 1 saturated carbocycles. The summed E-state index contributed by atoms with van der Waals surface area (Å²) in [5.41, 5.74) is 5.44. The highest BCUT2D eigenvalue weighted by atomic mass is 16.4. The summed E-state index contributed by atoms with van der Waals surface area (Å²) >= 11 is 0. The first-order valence-corrected chi connectivity index (χ1v) is 7.55. The molecule has 0 aromatic heterocycles. The fourth-order valence-corrected chi connectivity index (χ4v) is 2.94. The van der Waals surface area contributed by atoms with Crippen molar-refractivity contribution in [3.63, 3.8) is 0 Å². The van der Waals surface area contributed by atoms with E-state index in [1.165, 1.54) is 0 Å². The van der Waals surface area contributed by atoms with Gasteiger partial charge in [0.1, 0.15) is 0 Å². The lowest BCUT2D eigenvalue weighted by molar-refractivity contribution is -0.147. The third-order valence-corrected chi connectivity index (χ3v) is 4.53. The van der Waals surface area contributed by atoms with E-state index in [-0.39, 0.29) is 24.9 Å². The van der Waals surface area contributed by atoms with Crippen molar-refractivity contribution in [3.8, 4) is 0 Å². The third kappa shape index (κ3) is 3.95. The summed E-state index contributed by atoms with van der Waals surface area (Å²) in [4.78, 5) is 25.3. The maximum Gasteiger partial charge on any atom is 0.305 e. The maximum atomic E-state index is 12.9. The molecule has 5 nitrogen and oxygen atoms in total. The van der Waals surface area contributed by atoms with Gasteiger partial charge in [-0.2, -0.15) is 0 Å². The average Bonchev–Trinajstić information content (AvgIpc) is 2.39. The molecular weight excluding hydrogens is 256 g/mol. The Bertz CT molecular complexity index is 347. The number of rotatable bonds is 6. The number of hydrogen-bond acceptors (Lipinski definition) is 3. The Balaban J connectivity index is 2.83. The maximum absolute atomic E-state index is 12.9. The van der Waals surface area contributed by atoms with Crippen LogP contribution in [0.15, 0.2) is 0 Å². The molecule has 0 aliphatic heterocycles. The highest BCUT2D eigenvalue weighted by Crippen LogP contribution is 2.40. The van der Waals surface area contributed by atoms with Crippen molar-refractivity contribution < 1.29 is 14.7 Å². The van der Waals surface area contributed by atoms with Crippen molar-refractivity contribution in [2.75, 3.05) is 13.1 Å². The molecule has 0 unspecified atom stereocenters. The molecule has 0 aromatic rings. The molecule has 1 aliphatic rings. The molecular formula is C15H28N2O3. The molecule has 3 N–H and O–H groups in total. The predicted octanol–water partition coefficient (Wildman–Crippen LogP) is 1.85. The summed E-state index contributed by atoms with van der Waals surface area (Å²) in [5, 5.41) is 8.83. The first-order chi connectivity index (χ1) is 9.32. The first-order valence-electron chi connectivity index (χ1n) is 7.55. The van der Waals surface area contributed by atoms with Crippen molar-refractivity contribution in [3.05, 3.63) is 0 Å². The first kappa shape index (κ1) is 17.0. The van der Waals surface area contributed by atoms with Crippen LogP contribution in [-0.4, -0.2) is 41.0 Å². The van der Waals surface area contributed by atoms with E-state index in [1.54, 1.807) is 4.90 Å². The number of carbonyl (C=O) groups is 2. The molecule has 1 amide bonds. The van der Waals surface area contributed by atoms with Gasteiger partial charge in [0.15, 0.2) is 0 Å². The molecule has 0 spiro atoms. The molecule has 1 rings (SSSR count). The van der Waals surface area contributed by atoms with Gasteiger partial charge in [-0.1, -0.05) is 6.92 Å². The van der Waals surface area contributed by atoms with E-state index < -0.39 is 11.4 Å². The van der Waals surface area contributed by atoms with Crippen LogP contribution < -0.4 is 5.73 Å². The third-order valence-electron chi connectivity index (χ3n) is 4.53. The van der Waals surface area contributed by atoms with Crippen LogP contribution in [0.1, 0.15) is 52.9 Å². The van der Waals surface area contributed by atoms with Crippen molar-refractivity contribution in [2.45, 2.75) is 58.9 Å². The van der Waals surface area contributed by atoms with Crippen LogP contribution in [0.25, 0.3) is 0 Å². The summed E-state index contributed by atoms with van der Waals surface area (Å²) in [7, 11) is 0. The number of aliphatic carboxylic acids is 1. The Labute approximate surface area is 121 Å². The van der Waals surface area contributed by atoms with E-state index in [9.17, 15) is 9.59 Å². The lowest BCUT2D eigenvalue weighted by Crippen LogP contribution is -2.52. The molecule has 0 atom stereocenters. The normalized spacial score (nSPS) is 26.6. The Morgan fingerprint density at radius 2 is 1.90 bits per heavy atom. The van der Waals surface area contributed by atoms with Crippen molar-refractivity contribution >= 4 is 11.9 Å². The van der Waals surface area contributed by atoms with E-state index in [0.29, 0.717) is 12.5 Å². The fraction of sp³-hybridized carbons (Fsp3) is 0.867. The summed E-state index contributed by atoms with van der Waals surface area (Å²) < 4.78 is 0. The topological polar surface area (TPSA) is 83.6 Å². The van der Waals surface area contributed by atoms with E-state index in [4.69, 9.17) is 10.8 Å². The van der Waals surface area contributed by atoms with Gasteiger partial charge in [0.25, 0.3) is 0 Å². The number of carboxylic acid groups (broad SMARTS) is 1.